The Bertz CT molecular complexity index is 1020. The molecule has 0 unspecified atom stereocenters. The zero-order valence-electron chi connectivity index (χ0n) is 14.4. The summed E-state index contributed by atoms with van der Waals surface area (Å²) in [5.41, 5.74) is 0.312. The summed E-state index contributed by atoms with van der Waals surface area (Å²) < 4.78 is 46.2. The molecule has 0 aromatic carbocycles. The zero-order chi connectivity index (χ0) is 20.8. The van der Waals surface area contributed by atoms with Crippen molar-refractivity contribution in [1.29, 1.82) is 0 Å². The fraction of sp³-hybridized carbons (Fsp3) is 0.400. The van der Waals surface area contributed by atoms with Gasteiger partial charge in [0.05, 0.1) is 18.0 Å². The van der Waals surface area contributed by atoms with Crippen molar-refractivity contribution in [3.8, 4) is 5.82 Å². The molecule has 11 nitrogen and oxygen atoms in total. The summed E-state index contributed by atoms with van der Waals surface area (Å²) in [6.07, 6.45) is -3.58. The zero-order valence-corrected chi connectivity index (χ0v) is 14.4. The number of aliphatic hydroxyl groups excluding tert-OH is 2. The fourth-order valence-corrected chi connectivity index (χ4v) is 3.22. The first-order chi connectivity index (χ1) is 13.8. The molecule has 154 valence electrons. The van der Waals surface area contributed by atoms with Crippen LogP contribution < -0.4 is 5.32 Å². The summed E-state index contributed by atoms with van der Waals surface area (Å²) in [6, 6.07) is 0.145. The number of nitrogens with one attached hydrogen (secondary N) is 1. The van der Waals surface area contributed by atoms with Gasteiger partial charge in [0.15, 0.2) is 12.0 Å². The van der Waals surface area contributed by atoms with E-state index >= 15 is 0 Å². The van der Waals surface area contributed by atoms with Crippen LogP contribution >= 0.6 is 0 Å². The molecule has 0 radical (unpaired) electrons. The summed E-state index contributed by atoms with van der Waals surface area (Å²) in [4.78, 5) is 19.6. The smallest absolute Gasteiger partial charge is 0.394 e. The number of fused-ring (bicyclic) bond motifs is 1. The highest BCUT2D eigenvalue weighted by molar-refractivity contribution is 5.83. The van der Waals surface area contributed by atoms with Crippen LogP contribution in [0, 0.1) is 0 Å². The Hall–Kier alpha value is -3.10. The standard InChI is InChI=1S/C15H14F3N7O4/c16-15(17,18)14(28)23-9-8(3-26)29-13(10(9)27)25-2-1-7-11(19-4-20-12(7)25)24-5-21-22-6-24/h1-2,4-6,8-10,13,26-27H,3H2,(H,23,28)/t8-,9-,10-,13-/m1/s1. The minimum Gasteiger partial charge on any atom is -0.394 e. The Kier molecular flexibility index (Phi) is 4.68. The normalized spacial score (nSPS) is 24.9. The quantitative estimate of drug-likeness (QED) is 0.511. The highest BCUT2D eigenvalue weighted by Crippen LogP contribution is 2.33. The monoisotopic (exact) mass is 413 g/mol. The molecule has 0 aliphatic carbocycles. The van der Waals surface area contributed by atoms with Gasteiger partial charge in [0.2, 0.25) is 0 Å². The van der Waals surface area contributed by atoms with Crippen molar-refractivity contribution in [2.45, 2.75) is 30.7 Å². The number of ether oxygens (including phenoxy) is 1. The van der Waals surface area contributed by atoms with E-state index in [9.17, 15) is 28.2 Å². The second kappa shape index (κ2) is 7.06. The number of carbonyl (C=O) groups excluding carboxylic acids is 1. The number of aromatic nitrogens is 6. The van der Waals surface area contributed by atoms with Crippen LogP contribution in [0.4, 0.5) is 13.2 Å². The van der Waals surface area contributed by atoms with Crippen LogP contribution in [0.2, 0.25) is 0 Å². The first-order valence-corrected chi connectivity index (χ1v) is 8.30. The number of carbonyl (C=O) groups is 1. The number of halogens is 3. The molecule has 0 saturated carbocycles. The fourth-order valence-electron chi connectivity index (χ4n) is 3.22. The van der Waals surface area contributed by atoms with Crippen LogP contribution in [0.25, 0.3) is 16.9 Å². The largest absolute Gasteiger partial charge is 0.471 e. The molecule has 3 aromatic rings. The van der Waals surface area contributed by atoms with Gasteiger partial charge in [-0.1, -0.05) is 0 Å². The van der Waals surface area contributed by atoms with Crippen molar-refractivity contribution in [3.05, 3.63) is 31.2 Å². The van der Waals surface area contributed by atoms with Crippen LogP contribution in [0.15, 0.2) is 31.2 Å². The van der Waals surface area contributed by atoms with E-state index in [4.69, 9.17) is 4.74 Å². The Morgan fingerprint density at radius 3 is 2.66 bits per heavy atom. The van der Waals surface area contributed by atoms with Crippen molar-refractivity contribution < 1.29 is 32.9 Å². The molecule has 1 aliphatic heterocycles. The van der Waals surface area contributed by atoms with Gasteiger partial charge in [-0.3, -0.25) is 9.36 Å². The molecule has 4 rings (SSSR count). The van der Waals surface area contributed by atoms with Crippen LogP contribution in [-0.4, -0.2) is 76.5 Å². The maximum atomic E-state index is 12.6. The third-order valence-electron chi connectivity index (χ3n) is 4.54. The number of amides is 1. The molecule has 3 aromatic heterocycles. The minimum atomic E-state index is -5.14. The number of alkyl halides is 3. The number of rotatable bonds is 4. The molecular formula is C15H14F3N7O4. The van der Waals surface area contributed by atoms with E-state index in [1.165, 1.54) is 34.3 Å². The first kappa shape index (κ1) is 19.2. The average molecular weight is 413 g/mol. The number of hydrogen-bond donors (Lipinski definition) is 3. The Morgan fingerprint density at radius 1 is 1.28 bits per heavy atom. The van der Waals surface area contributed by atoms with Gasteiger partial charge in [-0.15, -0.1) is 10.2 Å². The molecule has 1 saturated heterocycles. The number of nitrogens with zero attached hydrogens (tertiary/aromatic N) is 6. The predicted octanol–water partition coefficient (Wildman–Crippen LogP) is -0.690. The van der Waals surface area contributed by atoms with Gasteiger partial charge in [-0.25, -0.2) is 9.97 Å². The second-order valence-corrected chi connectivity index (χ2v) is 6.26. The van der Waals surface area contributed by atoms with E-state index in [0.29, 0.717) is 16.9 Å². The predicted molar refractivity (Wildman–Crippen MR) is 87.4 cm³/mol. The Balaban J connectivity index is 1.67. The molecule has 29 heavy (non-hydrogen) atoms. The van der Waals surface area contributed by atoms with Gasteiger partial charge in [0.25, 0.3) is 0 Å². The lowest BCUT2D eigenvalue weighted by Crippen LogP contribution is -2.52. The second-order valence-electron chi connectivity index (χ2n) is 6.26. The van der Waals surface area contributed by atoms with Crippen molar-refractivity contribution in [2.24, 2.45) is 0 Å². The summed E-state index contributed by atoms with van der Waals surface area (Å²) in [6.45, 7) is -0.712. The molecular weight excluding hydrogens is 399 g/mol. The molecule has 1 amide bonds. The third-order valence-corrected chi connectivity index (χ3v) is 4.54. The molecule has 4 atom stereocenters. The van der Waals surface area contributed by atoms with Crippen molar-refractivity contribution in [3.63, 3.8) is 0 Å². The molecule has 0 spiro atoms. The first-order valence-electron chi connectivity index (χ1n) is 8.30. The van der Waals surface area contributed by atoms with Gasteiger partial charge in [0.1, 0.15) is 36.8 Å². The molecule has 0 bridgehead atoms. The van der Waals surface area contributed by atoms with Crippen LogP contribution in [0.1, 0.15) is 6.23 Å². The van der Waals surface area contributed by atoms with Crippen molar-refractivity contribution >= 4 is 16.9 Å². The molecule has 4 heterocycles. The van der Waals surface area contributed by atoms with Gasteiger partial charge in [-0.2, -0.15) is 13.2 Å². The minimum absolute atomic E-state index is 0.312. The van der Waals surface area contributed by atoms with Gasteiger partial charge < -0.3 is 24.8 Å². The van der Waals surface area contributed by atoms with Crippen molar-refractivity contribution in [2.75, 3.05) is 6.61 Å². The van der Waals surface area contributed by atoms with E-state index in [0.717, 1.165) is 0 Å². The third kappa shape index (κ3) is 3.30. The lowest BCUT2D eigenvalue weighted by Gasteiger charge is -2.21. The summed E-state index contributed by atoms with van der Waals surface area (Å²) in [5.74, 6) is -1.80. The van der Waals surface area contributed by atoms with Gasteiger partial charge >= 0.3 is 12.1 Å². The van der Waals surface area contributed by atoms with E-state index in [-0.39, 0.29) is 0 Å². The average Bonchev–Trinajstić information content (AvgIpc) is 3.41. The maximum absolute atomic E-state index is 12.6. The number of hydrogen-bond acceptors (Lipinski definition) is 8. The highest BCUT2D eigenvalue weighted by atomic mass is 19.4. The van der Waals surface area contributed by atoms with Crippen LogP contribution in [0.3, 0.4) is 0 Å². The summed E-state index contributed by atoms with van der Waals surface area (Å²) in [5, 5.41) is 29.6. The van der Waals surface area contributed by atoms with E-state index in [1.54, 1.807) is 11.4 Å². The molecule has 14 heteroatoms. The van der Waals surface area contributed by atoms with Crippen LogP contribution in [-0.2, 0) is 9.53 Å². The van der Waals surface area contributed by atoms with E-state index < -0.39 is 43.2 Å². The molecule has 1 fully saturated rings. The highest BCUT2D eigenvalue weighted by Gasteiger charge is 2.49. The summed E-state index contributed by atoms with van der Waals surface area (Å²) in [7, 11) is 0. The van der Waals surface area contributed by atoms with Crippen LogP contribution in [0.5, 0.6) is 0 Å². The van der Waals surface area contributed by atoms with Crippen molar-refractivity contribution in [1.82, 2.24) is 34.6 Å². The lowest BCUT2D eigenvalue weighted by molar-refractivity contribution is -0.175. The van der Waals surface area contributed by atoms with E-state index in [1.807, 2.05) is 0 Å². The number of aliphatic hydroxyl groups is 2. The Labute approximate surface area is 159 Å². The SMILES string of the molecule is O=C(N[C@H]1[C@@H](O)[C@H](n2ccc3c(-n4cnnc4)ncnc32)O[C@@H]1CO)C(F)(F)F. The molecule has 1 aliphatic rings. The summed E-state index contributed by atoms with van der Waals surface area (Å²) >= 11 is 0. The van der Waals surface area contributed by atoms with E-state index in [2.05, 4.69) is 20.2 Å². The molecule has 3 N–H and O–H groups in total. The maximum Gasteiger partial charge on any atom is 0.471 e. The van der Waals surface area contributed by atoms with Gasteiger partial charge in [0, 0.05) is 6.20 Å². The van der Waals surface area contributed by atoms with Gasteiger partial charge in [-0.05, 0) is 6.07 Å². The Morgan fingerprint density at radius 2 is 2.00 bits per heavy atom. The topological polar surface area (TPSA) is 140 Å². The lowest BCUT2D eigenvalue weighted by atomic mass is 10.1.